The molecule has 3 aromatic rings. The molecule has 0 radical (unpaired) electrons. The SMILES string of the molecule is Nc1ccc2c(c1)-c1nnc(-c3ccccc3F)n1CC2. The van der Waals surface area contributed by atoms with Gasteiger partial charge in [-0.2, -0.15) is 0 Å². The molecule has 0 bridgehead atoms. The second-order valence-electron chi connectivity index (χ2n) is 5.15. The molecule has 1 aliphatic rings. The molecule has 4 rings (SSSR count). The molecule has 5 heteroatoms. The number of aromatic nitrogens is 3. The molecule has 2 aromatic carbocycles. The number of benzene rings is 2. The summed E-state index contributed by atoms with van der Waals surface area (Å²) in [5, 5.41) is 8.44. The van der Waals surface area contributed by atoms with Crippen LogP contribution in [0.25, 0.3) is 22.8 Å². The lowest BCUT2D eigenvalue weighted by Crippen LogP contribution is -2.12. The van der Waals surface area contributed by atoms with Crippen molar-refractivity contribution in [2.45, 2.75) is 13.0 Å². The average molecular weight is 280 g/mol. The highest BCUT2D eigenvalue weighted by Gasteiger charge is 2.23. The van der Waals surface area contributed by atoms with Crippen molar-refractivity contribution < 1.29 is 4.39 Å². The van der Waals surface area contributed by atoms with Gasteiger partial charge in [0, 0.05) is 17.8 Å². The minimum absolute atomic E-state index is 0.286. The molecule has 2 N–H and O–H groups in total. The van der Waals surface area contributed by atoms with E-state index >= 15 is 0 Å². The van der Waals surface area contributed by atoms with Gasteiger partial charge in [-0.25, -0.2) is 4.39 Å². The number of nitrogens with two attached hydrogens (primary N) is 1. The van der Waals surface area contributed by atoms with Crippen LogP contribution in [0.3, 0.4) is 0 Å². The Morgan fingerprint density at radius 2 is 1.76 bits per heavy atom. The van der Waals surface area contributed by atoms with E-state index in [1.165, 1.54) is 11.6 Å². The molecule has 0 saturated carbocycles. The topological polar surface area (TPSA) is 56.7 Å². The molecule has 0 saturated heterocycles. The minimum atomic E-state index is -0.286. The summed E-state index contributed by atoms with van der Waals surface area (Å²) in [5.74, 6) is 1.03. The van der Waals surface area contributed by atoms with E-state index in [0.717, 1.165) is 24.4 Å². The zero-order valence-corrected chi connectivity index (χ0v) is 11.3. The fourth-order valence-electron chi connectivity index (χ4n) is 2.81. The van der Waals surface area contributed by atoms with Crippen LogP contribution in [0.4, 0.5) is 10.1 Å². The highest BCUT2D eigenvalue weighted by molar-refractivity contribution is 5.70. The number of aryl methyl sites for hydroxylation is 1. The highest BCUT2D eigenvalue weighted by atomic mass is 19.1. The van der Waals surface area contributed by atoms with E-state index in [0.29, 0.717) is 17.1 Å². The number of rotatable bonds is 1. The maximum atomic E-state index is 14.0. The lowest BCUT2D eigenvalue weighted by atomic mass is 9.99. The van der Waals surface area contributed by atoms with E-state index in [-0.39, 0.29) is 5.82 Å². The lowest BCUT2D eigenvalue weighted by molar-refractivity contribution is 0.624. The number of hydrogen-bond acceptors (Lipinski definition) is 3. The summed E-state index contributed by atoms with van der Waals surface area (Å²) in [5.41, 5.74) is 9.21. The quantitative estimate of drug-likeness (QED) is 0.697. The summed E-state index contributed by atoms with van der Waals surface area (Å²) in [4.78, 5) is 0. The molecular weight excluding hydrogens is 267 g/mol. The fraction of sp³-hybridized carbons (Fsp3) is 0.125. The highest BCUT2D eigenvalue weighted by Crippen LogP contribution is 2.33. The van der Waals surface area contributed by atoms with Gasteiger partial charge < -0.3 is 10.3 Å². The van der Waals surface area contributed by atoms with Crippen LogP contribution in [-0.2, 0) is 13.0 Å². The molecule has 4 nitrogen and oxygen atoms in total. The number of halogens is 1. The van der Waals surface area contributed by atoms with Crippen LogP contribution in [0.15, 0.2) is 42.5 Å². The molecule has 1 aromatic heterocycles. The third kappa shape index (κ3) is 1.81. The van der Waals surface area contributed by atoms with Crippen molar-refractivity contribution in [3.63, 3.8) is 0 Å². The molecule has 0 spiro atoms. The summed E-state index contributed by atoms with van der Waals surface area (Å²) < 4.78 is 15.9. The predicted octanol–water partition coefficient (Wildman–Crippen LogP) is 2.89. The Kier molecular flexibility index (Phi) is 2.54. The van der Waals surface area contributed by atoms with E-state index in [9.17, 15) is 4.39 Å². The average Bonchev–Trinajstić information content (AvgIpc) is 2.92. The summed E-state index contributed by atoms with van der Waals surface area (Å²) in [6.45, 7) is 0.739. The molecule has 0 amide bonds. The monoisotopic (exact) mass is 280 g/mol. The molecule has 104 valence electrons. The smallest absolute Gasteiger partial charge is 0.167 e. The fourth-order valence-corrected chi connectivity index (χ4v) is 2.81. The normalized spacial score (nSPS) is 12.8. The van der Waals surface area contributed by atoms with E-state index in [4.69, 9.17) is 5.73 Å². The molecule has 21 heavy (non-hydrogen) atoms. The minimum Gasteiger partial charge on any atom is -0.399 e. The van der Waals surface area contributed by atoms with Crippen molar-refractivity contribution in [1.29, 1.82) is 0 Å². The summed E-state index contributed by atoms with van der Waals surface area (Å²) in [6.07, 6.45) is 0.863. The van der Waals surface area contributed by atoms with Crippen molar-refractivity contribution in [3.05, 3.63) is 53.8 Å². The van der Waals surface area contributed by atoms with Gasteiger partial charge in [0.1, 0.15) is 5.82 Å². The Bertz CT molecular complexity index is 838. The van der Waals surface area contributed by atoms with Crippen LogP contribution in [-0.4, -0.2) is 14.8 Å². The molecule has 0 aliphatic carbocycles. The molecule has 0 atom stereocenters. The largest absolute Gasteiger partial charge is 0.399 e. The first kappa shape index (κ1) is 12.1. The van der Waals surface area contributed by atoms with Crippen LogP contribution >= 0.6 is 0 Å². The van der Waals surface area contributed by atoms with Gasteiger partial charge in [-0.15, -0.1) is 10.2 Å². The number of nitrogens with zero attached hydrogens (tertiary/aromatic N) is 3. The van der Waals surface area contributed by atoms with Crippen LogP contribution in [0.5, 0.6) is 0 Å². The Labute approximate surface area is 121 Å². The van der Waals surface area contributed by atoms with E-state index in [1.54, 1.807) is 18.2 Å². The maximum absolute atomic E-state index is 14.0. The number of fused-ring (bicyclic) bond motifs is 3. The lowest BCUT2D eigenvalue weighted by Gasteiger charge is -2.19. The summed E-state index contributed by atoms with van der Waals surface area (Å²) in [6, 6.07) is 12.4. The van der Waals surface area contributed by atoms with Gasteiger partial charge in [-0.1, -0.05) is 18.2 Å². The second-order valence-corrected chi connectivity index (χ2v) is 5.15. The van der Waals surface area contributed by atoms with Crippen LogP contribution in [0.2, 0.25) is 0 Å². The number of hydrogen-bond donors (Lipinski definition) is 1. The van der Waals surface area contributed by atoms with Crippen molar-refractivity contribution in [2.75, 3.05) is 5.73 Å². The van der Waals surface area contributed by atoms with Crippen LogP contribution < -0.4 is 5.73 Å². The van der Waals surface area contributed by atoms with Gasteiger partial charge in [0.2, 0.25) is 0 Å². The van der Waals surface area contributed by atoms with Crippen molar-refractivity contribution >= 4 is 5.69 Å². The summed E-state index contributed by atoms with van der Waals surface area (Å²) >= 11 is 0. The zero-order chi connectivity index (χ0) is 14.4. The molecular formula is C16H13FN4. The van der Waals surface area contributed by atoms with Gasteiger partial charge in [0.15, 0.2) is 11.6 Å². The standard InChI is InChI=1S/C16H13FN4/c17-14-4-2-1-3-12(14)15-19-20-16-13-9-11(18)6-5-10(13)7-8-21(15)16/h1-6,9H,7-8,18H2. The molecule has 0 fully saturated rings. The Morgan fingerprint density at radius 1 is 1.00 bits per heavy atom. The Hall–Kier alpha value is -2.69. The Balaban J connectivity index is 1.92. The second kappa shape index (κ2) is 4.41. The van der Waals surface area contributed by atoms with Crippen LogP contribution in [0.1, 0.15) is 5.56 Å². The molecule has 0 unspecified atom stereocenters. The van der Waals surface area contributed by atoms with Gasteiger partial charge in [0.25, 0.3) is 0 Å². The van der Waals surface area contributed by atoms with Crippen molar-refractivity contribution in [2.24, 2.45) is 0 Å². The zero-order valence-electron chi connectivity index (χ0n) is 11.3. The van der Waals surface area contributed by atoms with Gasteiger partial charge in [-0.05, 0) is 36.2 Å². The predicted molar refractivity (Wildman–Crippen MR) is 79.0 cm³/mol. The first-order chi connectivity index (χ1) is 10.2. The molecule has 1 aliphatic heterocycles. The van der Waals surface area contributed by atoms with Crippen LogP contribution in [0, 0.1) is 5.82 Å². The summed E-state index contributed by atoms with van der Waals surface area (Å²) in [7, 11) is 0. The third-order valence-electron chi connectivity index (χ3n) is 3.85. The third-order valence-corrected chi connectivity index (χ3v) is 3.85. The van der Waals surface area contributed by atoms with Gasteiger partial charge in [-0.3, -0.25) is 0 Å². The molecule has 2 heterocycles. The van der Waals surface area contributed by atoms with Gasteiger partial charge in [0.05, 0.1) is 5.56 Å². The maximum Gasteiger partial charge on any atom is 0.167 e. The van der Waals surface area contributed by atoms with Gasteiger partial charge >= 0.3 is 0 Å². The first-order valence-electron chi connectivity index (χ1n) is 6.81. The van der Waals surface area contributed by atoms with Crippen molar-refractivity contribution in [1.82, 2.24) is 14.8 Å². The van der Waals surface area contributed by atoms with E-state index in [2.05, 4.69) is 10.2 Å². The number of anilines is 1. The van der Waals surface area contributed by atoms with E-state index < -0.39 is 0 Å². The first-order valence-corrected chi connectivity index (χ1v) is 6.81. The van der Waals surface area contributed by atoms with E-state index in [1.807, 2.05) is 22.8 Å². The Morgan fingerprint density at radius 3 is 2.57 bits per heavy atom. The van der Waals surface area contributed by atoms with Crippen molar-refractivity contribution in [3.8, 4) is 22.8 Å². The number of nitrogen functional groups attached to an aromatic ring is 1.